The van der Waals surface area contributed by atoms with Crippen LogP contribution in [0.4, 0.5) is 0 Å². The van der Waals surface area contributed by atoms with E-state index in [0.29, 0.717) is 18.4 Å². The Morgan fingerprint density at radius 3 is 2.69 bits per heavy atom. The zero-order valence-electron chi connectivity index (χ0n) is 8.10. The molecule has 0 spiro atoms. The fourth-order valence-electron chi connectivity index (χ4n) is 1.73. The molecule has 0 amide bonds. The van der Waals surface area contributed by atoms with E-state index in [1.165, 1.54) is 13.5 Å². The third-order valence-corrected chi connectivity index (χ3v) is 3.44. The zero-order valence-corrected chi connectivity index (χ0v) is 9.00. The molecule has 1 unspecified atom stereocenters. The van der Waals surface area contributed by atoms with Crippen LogP contribution in [-0.2, 0) is 13.6 Å². The van der Waals surface area contributed by atoms with Crippen LogP contribution in [0.5, 0.6) is 0 Å². The van der Waals surface area contributed by atoms with E-state index in [2.05, 4.69) is 11.4 Å². The standard InChI is InChI=1S/C8H17O4P/c1-7-3-4-8(5-7)6-12-13(9,10)11-2/h7-8H,3-6H2,1-2H3,(H,9,10)/t7-,8+/m0/s1. The molecule has 0 aromatic carbocycles. The Balaban J connectivity index is 2.23. The van der Waals surface area contributed by atoms with Crippen molar-refractivity contribution in [3.63, 3.8) is 0 Å². The van der Waals surface area contributed by atoms with Crippen molar-refractivity contribution < 1.29 is 18.5 Å². The molecule has 1 fully saturated rings. The van der Waals surface area contributed by atoms with E-state index < -0.39 is 7.82 Å². The highest BCUT2D eigenvalue weighted by Gasteiger charge is 2.25. The van der Waals surface area contributed by atoms with Crippen LogP contribution in [0.1, 0.15) is 26.2 Å². The topological polar surface area (TPSA) is 55.8 Å². The van der Waals surface area contributed by atoms with E-state index >= 15 is 0 Å². The predicted octanol–water partition coefficient (Wildman–Crippen LogP) is 2.19. The Morgan fingerprint density at radius 1 is 1.54 bits per heavy atom. The maximum atomic E-state index is 10.9. The van der Waals surface area contributed by atoms with Crippen molar-refractivity contribution in [2.45, 2.75) is 26.2 Å². The van der Waals surface area contributed by atoms with Gasteiger partial charge >= 0.3 is 7.82 Å². The molecular formula is C8H17O4P. The van der Waals surface area contributed by atoms with E-state index in [0.717, 1.165) is 12.8 Å². The Hall–Kier alpha value is 0.110. The summed E-state index contributed by atoms with van der Waals surface area (Å²) in [7, 11) is -2.57. The average molecular weight is 208 g/mol. The molecule has 0 radical (unpaired) electrons. The van der Waals surface area contributed by atoms with Crippen molar-refractivity contribution in [2.24, 2.45) is 11.8 Å². The highest BCUT2D eigenvalue weighted by Crippen LogP contribution is 2.43. The summed E-state index contributed by atoms with van der Waals surface area (Å²) in [6.07, 6.45) is 3.37. The minimum Gasteiger partial charge on any atom is -0.303 e. The van der Waals surface area contributed by atoms with Gasteiger partial charge < -0.3 is 4.89 Å². The van der Waals surface area contributed by atoms with Gasteiger partial charge in [0.25, 0.3) is 0 Å². The molecule has 0 bridgehead atoms. The first-order valence-corrected chi connectivity index (χ1v) is 6.06. The summed E-state index contributed by atoms with van der Waals surface area (Å²) in [5, 5.41) is 0. The molecular weight excluding hydrogens is 191 g/mol. The van der Waals surface area contributed by atoms with Crippen LogP contribution in [0.3, 0.4) is 0 Å². The molecule has 1 N–H and O–H groups in total. The van der Waals surface area contributed by atoms with Gasteiger partial charge in [0.1, 0.15) is 0 Å². The molecule has 0 aromatic rings. The Labute approximate surface area is 78.9 Å². The molecule has 5 heteroatoms. The normalized spacial score (nSPS) is 33.2. The molecule has 4 nitrogen and oxygen atoms in total. The number of hydrogen-bond acceptors (Lipinski definition) is 3. The number of phosphoric ester groups is 1. The Morgan fingerprint density at radius 2 is 2.23 bits per heavy atom. The Bertz CT molecular complexity index is 206. The molecule has 0 saturated heterocycles. The number of phosphoric acid groups is 1. The van der Waals surface area contributed by atoms with E-state index in [1.807, 2.05) is 0 Å². The van der Waals surface area contributed by atoms with Gasteiger partial charge in [-0.25, -0.2) is 4.57 Å². The molecule has 1 aliphatic carbocycles. The summed E-state index contributed by atoms with van der Waals surface area (Å²) in [5.41, 5.74) is 0. The Kier molecular flexibility index (Phi) is 3.92. The molecule has 78 valence electrons. The molecule has 0 aliphatic heterocycles. The fraction of sp³-hybridized carbons (Fsp3) is 1.00. The van der Waals surface area contributed by atoms with Gasteiger partial charge in [-0.1, -0.05) is 13.3 Å². The zero-order chi connectivity index (χ0) is 9.90. The maximum Gasteiger partial charge on any atom is 0.471 e. The summed E-state index contributed by atoms with van der Waals surface area (Å²) >= 11 is 0. The van der Waals surface area contributed by atoms with Gasteiger partial charge in [0.05, 0.1) is 6.61 Å². The van der Waals surface area contributed by atoms with Crippen molar-refractivity contribution in [1.82, 2.24) is 0 Å². The summed E-state index contributed by atoms with van der Waals surface area (Å²) in [4.78, 5) is 8.96. The lowest BCUT2D eigenvalue weighted by Gasteiger charge is -2.12. The van der Waals surface area contributed by atoms with Crippen LogP contribution >= 0.6 is 7.82 Å². The molecule has 13 heavy (non-hydrogen) atoms. The van der Waals surface area contributed by atoms with Crippen LogP contribution in [0.25, 0.3) is 0 Å². The third-order valence-electron chi connectivity index (χ3n) is 2.51. The largest absolute Gasteiger partial charge is 0.471 e. The van der Waals surface area contributed by atoms with Crippen LogP contribution in [0.15, 0.2) is 0 Å². The molecule has 0 heterocycles. The third kappa shape index (κ3) is 3.77. The highest BCUT2D eigenvalue weighted by molar-refractivity contribution is 7.47. The second kappa shape index (κ2) is 4.56. The van der Waals surface area contributed by atoms with E-state index in [-0.39, 0.29) is 0 Å². The molecule has 1 rings (SSSR count). The van der Waals surface area contributed by atoms with Crippen LogP contribution in [0.2, 0.25) is 0 Å². The summed E-state index contributed by atoms with van der Waals surface area (Å²) in [6, 6.07) is 0. The van der Waals surface area contributed by atoms with Gasteiger partial charge in [-0.2, -0.15) is 0 Å². The minimum absolute atomic E-state index is 0.339. The first-order valence-electron chi connectivity index (χ1n) is 4.56. The lowest BCUT2D eigenvalue weighted by atomic mass is 10.1. The minimum atomic E-state index is -3.75. The van der Waals surface area contributed by atoms with Crippen molar-refractivity contribution in [2.75, 3.05) is 13.7 Å². The van der Waals surface area contributed by atoms with Crippen molar-refractivity contribution in [3.8, 4) is 0 Å². The van der Waals surface area contributed by atoms with E-state index in [9.17, 15) is 4.57 Å². The van der Waals surface area contributed by atoms with E-state index in [4.69, 9.17) is 9.42 Å². The molecule has 1 saturated carbocycles. The van der Waals surface area contributed by atoms with Gasteiger partial charge in [0, 0.05) is 7.11 Å². The fourth-order valence-corrected chi connectivity index (χ4v) is 2.23. The lowest BCUT2D eigenvalue weighted by Crippen LogP contribution is -2.05. The first-order chi connectivity index (χ1) is 6.03. The van der Waals surface area contributed by atoms with Gasteiger partial charge in [-0.3, -0.25) is 9.05 Å². The van der Waals surface area contributed by atoms with Crippen molar-refractivity contribution in [1.29, 1.82) is 0 Å². The van der Waals surface area contributed by atoms with Crippen LogP contribution < -0.4 is 0 Å². The first kappa shape index (κ1) is 11.2. The molecule has 0 aromatic heterocycles. The van der Waals surface area contributed by atoms with Crippen LogP contribution in [-0.4, -0.2) is 18.6 Å². The van der Waals surface area contributed by atoms with Gasteiger partial charge in [0.15, 0.2) is 0 Å². The smallest absolute Gasteiger partial charge is 0.303 e. The quantitative estimate of drug-likeness (QED) is 0.719. The SMILES string of the molecule is COP(=O)(O)OC[C@@H]1CC[C@H](C)C1. The summed E-state index contributed by atoms with van der Waals surface area (Å²) < 4.78 is 20.0. The second-order valence-electron chi connectivity index (χ2n) is 3.73. The van der Waals surface area contributed by atoms with Crippen LogP contribution in [0, 0.1) is 11.8 Å². The van der Waals surface area contributed by atoms with E-state index in [1.54, 1.807) is 0 Å². The van der Waals surface area contributed by atoms with Gasteiger partial charge in [-0.05, 0) is 24.7 Å². The lowest BCUT2D eigenvalue weighted by molar-refractivity contribution is 0.150. The number of hydrogen-bond donors (Lipinski definition) is 1. The average Bonchev–Trinajstić information content (AvgIpc) is 2.48. The molecule has 3 atom stereocenters. The van der Waals surface area contributed by atoms with Gasteiger partial charge in [-0.15, -0.1) is 0 Å². The second-order valence-corrected chi connectivity index (χ2v) is 5.29. The van der Waals surface area contributed by atoms with Crippen molar-refractivity contribution in [3.05, 3.63) is 0 Å². The summed E-state index contributed by atoms with van der Waals surface area (Å²) in [6.45, 7) is 2.53. The summed E-state index contributed by atoms with van der Waals surface area (Å²) in [5.74, 6) is 1.14. The number of rotatable bonds is 4. The highest BCUT2D eigenvalue weighted by atomic mass is 31.2. The maximum absolute atomic E-state index is 10.9. The van der Waals surface area contributed by atoms with Crippen molar-refractivity contribution >= 4 is 7.82 Å². The molecule has 1 aliphatic rings. The predicted molar refractivity (Wildman–Crippen MR) is 49.3 cm³/mol. The van der Waals surface area contributed by atoms with Gasteiger partial charge in [0.2, 0.25) is 0 Å². The monoisotopic (exact) mass is 208 g/mol.